The van der Waals surface area contributed by atoms with E-state index in [2.05, 4.69) is 124 Å². The van der Waals surface area contributed by atoms with E-state index in [-0.39, 0.29) is 95.6 Å². The molecule has 716 valence electrons. The van der Waals surface area contributed by atoms with Crippen molar-refractivity contribution in [3.8, 4) is 0 Å². The first-order valence-electron chi connectivity index (χ1n) is 41.9. The van der Waals surface area contributed by atoms with Gasteiger partial charge in [0.25, 0.3) is 43.9 Å². The summed E-state index contributed by atoms with van der Waals surface area (Å²) >= 11 is 15.6. The number of likely N-dealkylation sites (N-methyl/N-ethyl adjacent to an activating group) is 3. The highest BCUT2D eigenvalue weighted by Crippen LogP contribution is 2.33. The minimum absolute atomic E-state index is 0. The van der Waals surface area contributed by atoms with Gasteiger partial charge >= 0.3 is 17.9 Å². The van der Waals surface area contributed by atoms with Crippen molar-refractivity contribution < 1.29 is 83.4 Å². The summed E-state index contributed by atoms with van der Waals surface area (Å²) in [6, 6.07) is 4.03. The third-order valence-corrected chi connectivity index (χ3v) is 24.9. The van der Waals surface area contributed by atoms with E-state index in [1.165, 1.54) is 94.9 Å². The zero-order chi connectivity index (χ0) is 95.1. The van der Waals surface area contributed by atoms with Gasteiger partial charge in [-0.15, -0.1) is 46.4 Å². The van der Waals surface area contributed by atoms with Crippen LogP contribution in [0.25, 0.3) is 0 Å². The molecule has 8 heterocycles. The Balaban J connectivity index is 0.000000348. The highest BCUT2D eigenvalue weighted by atomic mass is 35.5. The van der Waals surface area contributed by atoms with Crippen molar-refractivity contribution in [3.63, 3.8) is 0 Å². The predicted octanol–water partition coefficient (Wildman–Crippen LogP) is 6.96. The number of unbranched alkanes of at least 4 members (excludes halogenated alkanes) is 1. The molecule has 0 radical (unpaired) electrons. The molecule has 3 saturated carbocycles. The Morgan fingerprint density at radius 1 is 0.516 bits per heavy atom. The Morgan fingerprint density at radius 2 is 0.852 bits per heavy atom. The molecule has 11 N–H and O–H groups in total. The van der Waals surface area contributed by atoms with Crippen molar-refractivity contribution in [2.75, 3.05) is 126 Å². The number of ether oxygens (including phenoxy) is 1. The molecule has 10 amide bonds. The fraction of sp³-hybridized carbons (Fsp3) is 0.634. The molecule has 11 rings (SSSR count). The second-order valence-corrected chi connectivity index (χ2v) is 40.2. The van der Waals surface area contributed by atoms with Crippen LogP contribution in [0.15, 0.2) is 36.7 Å². The summed E-state index contributed by atoms with van der Waals surface area (Å²) in [4.78, 5) is 174. The lowest BCUT2D eigenvalue weighted by Gasteiger charge is -2.37. The summed E-state index contributed by atoms with van der Waals surface area (Å²) in [5, 5.41) is 21.7. The molecule has 0 bridgehead atoms. The first kappa shape index (κ1) is 112. The van der Waals surface area contributed by atoms with Gasteiger partial charge in [-0.05, 0) is 150 Å². The molecule has 3 aliphatic heterocycles. The number of anilines is 2. The second-order valence-electron chi connectivity index (χ2n) is 33.1. The number of amides is 10. The average Bonchev–Trinajstić information content (AvgIpc) is 1.62. The molecule has 46 heteroatoms. The van der Waals surface area contributed by atoms with Crippen LogP contribution in [0.1, 0.15) is 187 Å². The Labute approximate surface area is 779 Å². The standard InChI is InChI=1S/C25H41N5O4S.C24H30ClN7O4S.C17H27N5O2S.C8H7ClN2O2.C6H15N.2CH4O3S.ClH/c1-7-8-12-25(2,3)34-24(33)28-17-10-9-16(23(32)29(4)5)14-19(17)26-21(31)22-27-18-11-13-30(6)15-20(18)35-22;1-31(2)24(36)13-4-6-15(27-20(33)21(34)30-19-7-5-14(25)11-26-19)17(10-13)28-22(35)23-29-16-8-9-32(3)12-18(16)37-23;1-21(2)17(24)10-4-5-11(18)13(8-10)19-15(23)16-20-12-6-7-22(3)9-14(12)25-16;1-5(12)8(13)11-7-3-2-6(9)4-10-7;1-4-7(5-2)6-3;2*1-5(2,3)4;/h16-17,19H,7-15H2,1-6H3,(H,26,31)(H,28,33);5,7,11,13,15,17H,4,6,8-10,12H2,1-3H3,(H,27,33)(H,28,35)(H,26,30,34);10-11,13H,4-9,18H2,1-3H3,(H,19,23);2-4H,1H3,(H,10,11,13);4-6H2,1-3H3;2*1H3,(H,2,3,4);1H/t16-,17-,19+;13-,15-,17+;10-,11-,13+;;;;;/m000...../s1. The highest BCUT2D eigenvalue weighted by molar-refractivity contribution is 7.85. The quantitative estimate of drug-likeness (QED) is 0.0262. The summed E-state index contributed by atoms with van der Waals surface area (Å²) in [6.07, 6.45) is 14.1. The smallest absolute Gasteiger partial charge is 0.407 e. The number of thiazole rings is 3. The number of nitrogens with zero attached hydrogens (tertiary/aromatic N) is 12. The molecule has 3 aliphatic carbocycles. The lowest BCUT2D eigenvalue weighted by Crippen LogP contribution is -2.57. The molecule has 0 saturated heterocycles. The molecule has 0 unspecified atom stereocenters. The Bertz CT molecular complexity index is 4700. The van der Waals surface area contributed by atoms with E-state index in [1.807, 2.05) is 20.9 Å². The maximum atomic E-state index is 13.2. The third-order valence-electron chi connectivity index (χ3n) is 21.2. The zero-order valence-electron chi connectivity index (χ0n) is 76.2. The number of fused-ring (bicyclic) bond motifs is 3. The van der Waals surface area contributed by atoms with Gasteiger partial charge in [-0.2, -0.15) is 16.8 Å². The Kier molecular flexibility index (Phi) is 46.8. The van der Waals surface area contributed by atoms with Crippen LogP contribution in [-0.2, 0) is 97.4 Å². The summed E-state index contributed by atoms with van der Waals surface area (Å²) < 4.78 is 57.4. The van der Waals surface area contributed by atoms with Crippen molar-refractivity contribution >= 4 is 167 Å². The Morgan fingerprint density at radius 3 is 1.17 bits per heavy atom. The SMILES string of the molecule is CC(=O)C(=O)Nc1ccc(Cl)cn1.CCCCC(C)(C)OC(=O)N[C@H]1CC[C@H](C(=O)N(C)C)C[C@H]1NC(=O)c1nc2c(s1)CN(C)CC2.CCN(CC)CC.CN1CCc2nc(C(=O)N[C@@H]3C[C@@H](C(=O)N(C)C)CC[C@@H]3N)sc2C1.CN1CCc2nc(C(=O)N[C@@H]3C[C@@H](C(=O)N(C)C)CC[C@@H]3NC(=O)C(=O)Nc3ccc(Cl)cn3)sc2C1.CS(=O)(=O)O.CS(=O)(=O)O.Cl. The van der Waals surface area contributed by atoms with Gasteiger partial charge in [-0.3, -0.25) is 57.1 Å². The molecule has 128 heavy (non-hydrogen) atoms. The number of hydrogen-bond donors (Lipinski definition) is 10. The van der Waals surface area contributed by atoms with Gasteiger partial charge in [0.2, 0.25) is 23.5 Å². The number of ketones is 1. The molecule has 5 aromatic heterocycles. The van der Waals surface area contributed by atoms with Crippen LogP contribution in [0.5, 0.6) is 0 Å². The summed E-state index contributed by atoms with van der Waals surface area (Å²) in [6.45, 7) is 22.4. The number of hydrogen-bond acceptors (Lipinski definition) is 29. The van der Waals surface area contributed by atoms with E-state index in [0.717, 1.165) is 117 Å². The fourth-order valence-corrected chi connectivity index (χ4v) is 17.8. The number of alkyl carbamates (subject to hydrolysis) is 1. The number of pyridine rings is 2. The summed E-state index contributed by atoms with van der Waals surface area (Å²) in [5.41, 5.74) is 8.61. The van der Waals surface area contributed by atoms with Gasteiger partial charge in [-0.1, -0.05) is 57.3 Å². The monoisotopic (exact) mass is 1950 g/mol. The van der Waals surface area contributed by atoms with Crippen molar-refractivity contribution in [1.29, 1.82) is 0 Å². The van der Waals surface area contributed by atoms with Crippen LogP contribution < -0.4 is 43.0 Å². The van der Waals surface area contributed by atoms with Gasteiger partial charge in [0.15, 0.2) is 15.0 Å². The minimum atomic E-state index is -3.67. The van der Waals surface area contributed by atoms with Crippen molar-refractivity contribution in [1.82, 2.24) is 85.8 Å². The summed E-state index contributed by atoms with van der Waals surface area (Å²) in [5.74, 6) is -3.72. The number of nitrogens with two attached hydrogens (primary N) is 1. The molecule has 5 aromatic rings. The fourth-order valence-electron chi connectivity index (χ4n) is 14.4. The number of carbonyl (C=O) groups excluding carboxylic acids is 11. The molecular formula is C82H129Cl3N20O18S5. The number of carbonyl (C=O) groups is 11. The van der Waals surface area contributed by atoms with E-state index in [9.17, 15) is 69.6 Å². The van der Waals surface area contributed by atoms with Crippen LogP contribution in [0.2, 0.25) is 10.0 Å². The topological polar surface area (TPSA) is 503 Å². The number of halogens is 3. The first-order chi connectivity index (χ1) is 59.4. The molecule has 0 aromatic carbocycles. The van der Waals surface area contributed by atoms with Crippen molar-refractivity contribution in [2.24, 2.45) is 23.5 Å². The van der Waals surface area contributed by atoms with Crippen LogP contribution >= 0.6 is 69.6 Å². The van der Waals surface area contributed by atoms with Crippen LogP contribution in [0.4, 0.5) is 16.4 Å². The van der Waals surface area contributed by atoms with E-state index >= 15 is 0 Å². The molecule has 6 aliphatic rings. The van der Waals surface area contributed by atoms with E-state index in [1.54, 1.807) is 64.2 Å². The normalized spacial score (nSPS) is 20.1. The lowest BCUT2D eigenvalue weighted by molar-refractivity contribution is -0.137. The maximum Gasteiger partial charge on any atom is 0.407 e. The largest absolute Gasteiger partial charge is 0.444 e. The molecule has 38 nitrogen and oxygen atoms in total. The lowest BCUT2D eigenvalue weighted by atomic mass is 9.81. The molecule has 0 spiro atoms. The molecule has 9 atom stereocenters. The number of aromatic nitrogens is 5. The number of nitrogens with one attached hydrogen (secondary N) is 7. The predicted molar refractivity (Wildman–Crippen MR) is 497 cm³/mol. The maximum absolute atomic E-state index is 13.2. The van der Waals surface area contributed by atoms with Gasteiger partial charge < -0.3 is 82.0 Å². The van der Waals surface area contributed by atoms with Crippen molar-refractivity contribution in [3.05, 3.63) is 93.4 Å². The second kappa shape index (κ2) is 53.4. The van der Waals surface area contributed by atoms with Crippen molar-refractivity contribution in [2.45, 2.75) is 206 Å². The first-order valence-corrected chi connectivity index (χ1v) is 48.8. The zero-order valence-corrected chi connectivity index (χ0v) is 82.6. The third kappa shape index (κ3) is 39.5. The van der Waals surface area contributed by atoms with E-state index in [4.69, 9.17) is 42.8 Å². The van der Waals surface area contributed by atoms with Gasteiger partial charge in [-0.25, -0.2) is 29.7 Å². The highest BCUT2D eigenvalue weighted by Gasteiger charge is 2.41. The minimum Gasteiger partial charge on any atom is -0.444 e. The van der Waals surface area contributed by atoms with Crippen LogP contribution in [0, 0.1) is 17.8 Å². The van der Waals surface area contributed by atoms with Gasteiger partial charge in [0, 0.05) is 171 Å². The average molecular weight is 1950 g/mol. The van der Waals surface area contributed by atoms with Gasteiger partial charge in [0.1, 0.15) is 17.2 Å². The summed E-state index contributed by atoms with van der Waals surface area (Å²) in [7, 11) is 9.23. The number of Topliss-reactive ketones (excluding diaryl/α,β-unsaturated/α-hetero) is 1. The molecule has 3 fully saturated rings. The molecular weight excluding hydrogens is 1820 g/mol. The van der Waals surface area contributed by atoms with Gasteiger partial charge in [0.05, 0.1) is 57.8 Å². The van der Waals surface area contributed by atoms with E-state index in [0.29, 0.717) is 88.3 Å². The van der Waals surface area contributed by atoms with Crippen LogP contribution in [-0.4, -0.2) is 307 Å². The van der Waals surface area contributed by atoms with E-state index < -0.39 is 67.5 Å². The number of rotatable bonds is 21. The Hall–Kier alpha value is -8.15. The van der Waals surface area contributed by atoms with Crippen LogP contribution in [0.3, 0.4) is 0 Å².